The zero-order valence-electron chi connectivity index (χ0n) is 7.82. The van der Waals surface area contributed by atoms with Crippen LogP contribution >= 0.6 is 12.6 Å². The van der Waals surface area contributed by atoms with Gasteiger partial charge in [0.25, 0.3) is 5.56 Å². The first kappa shape index (κ1) is 9.81. The smallest absolute Gasteiger partial charge is 0.258 e. The van der Waals surface area contributed by atoms with Crippen LogP contribution in [0.15, 0.2) is 29.3 Å². The summed E-state index contributed by atoms with van der Waals surface area (Å²) >= 11 is 3.99. The van der Waals surface area contributed by atoms with Crippen LogP contribution in [0.1, 0.15) is 5.56 Å². The number of nitrogens with one attached hydrogen (secondary N) is 1. The Balaban J connectivity index is 2.65. The highest BCUT2D eigenvalue weighted by atomic mass is 32.1. The summed E-state index contributed by atoms with van der Waals surface area (Å²) in [4.78, 5) is 18.0. The molecule has 1 N–H and O–H groups in total. The molecule has 0 saturated carbocycles. The first-order valence-electron chi connectivity index (χ1n) is 4.38. The number of H-pyrrole nitrogens is 1. The summed E-state index contributed by atoms with van der Waals surface area (Å²) in [6.45, 7) is 0. The van der Waals surface area contributed by atoms with Crippen molar-refractivity contribution in [1.82, 2.24) is 9.97 Å². The molecule has 2 rings (SSSR count). The third kappa shape index (κ3) is 2.03. The number of rotatable bonds is 0. The fourth-order valence-corrected chi connectivity index (χ4v) is 1.37. The van der Waals surface area contributed by atoms with Gasteiger partial charge in [0, 0.05) is 5.56 Å². The zero-order valence-corrected chi connectivity index (χ0v) is 8.71. The molecule has 0 aliphatic heterocycles. The van der Waals surface area contributed by atoms with E-state index in [2.05, 4.69) is 34.4 Å². The molecule has 1 aromatic heterocycles. The Morgan fingerprint density at radius 1 is 1.47 bits per heavy atom. The largest absolute Gasteiger partial charge is 0.313 e. The van der Waals surface area contributed by atoms with Crippen LogP contribution in [0.3, 0.4) is 0 Å². The molecule has 15 heavy (non-hydrogen) atoms. The second kappa shape index (κ2) is 4.20. The molecule has 1 aromatic carbocycles. The third-order valence-electron chi connectivity index (χ3n) is 1.95. The van der Waals surface area contributed by atoms with Crippen LogP contribution in [-0.4, -0.2) is 15.7 Å². The summed E-state index contributed by atoms with van der Waals surface area (Å²) in [6, 6.07) is 5.36. The average Bonchev–Trinajstić information content (AvgIpc) is 2.27. The molecule has 0 aliphatic rings. The number of aromatic amines is 1. The van der Waals surface area contributed by atoms with Gasteiger partial charge in [-0.05, 0) is 18.2 Å². The molecule has 0 bridgehead atoms. The van der Waals surface area contributed by atoms with Gasteiger partial charge >= 0.3 is 0 Å². The van der Waals surface area contributed by atoms with Gasteiger partial charge in [0.2, 0.25) is 0 Å². The van der Waals surface area contributed by atoms with E-state index in [1.54, 1.807) is 12.1 Å². The van der Waals surface area contributed by atoms with Gasteiger partial charge in [-0.15, -0.1) is 0 Å². The van der Waals surface area contributed by atoms with Crippen molar-refractivity contribution in [3.63, 3.8) is 0 Å². The summed E-state index contributed by atoms with van der Waals surface area (Å²) in [7, 11) is 0. The van der Waals surface area contributed by atoms with Crippen LogP contribution in [0.5, 0.6) is 0 Å². The van der Waals surface area contributed by atoms with E-state index in [9.17, 15) is 4.79 Å². The zero-order chi connectivity index (χ0) is 10.7. The monoisotopic (exact) mass is 216 g/mol. The molecule has 0 atom stereocenters. The number of benzene rings is 1. The van der Waals surface area contributed by atoms with Gasteiger partial charge in [-0.25, -0.2) is 4.98 Å². The maximum atomic E-state index is 11.4. The second-order valence-corrected chi connectivity index (χ2v) is 3.24. The Kier molecular flexibility index (Phi) is 2.75. The van der Waals surface area contributed by atoms with Crippen LogP contribution in [0, 0.1) is 11.8 Å². The maximum absolute atomic E-state index is 11.4. The average molecular weight is 216 g/mol. The minimum atomic E-state index is -0.144. The Labute approximate surface area is 92.0 Å². The molecule has 3 nitrogen and oxygen atoms in total. The standard InChI is InChI=1S/C11H8N2OS/c14-11-9-6-8(2-1-5-15)3-4-10(9)12-7-13-11/h3-4,6-7,15H,5H2,(H,12,13,14). The lowest BCUT2D eigenvalue weighted by molar-refractivity contribution is 1.17. The highest BCUT2D eigenvalue weighted by molar-refractivity contribution is 7.80. The van der Waals surface area contributed by atoms with Crippen LogP contribution < -0.4 is 5.56 Å². The van der Waals surface area contributed by atoms with Crippen molar-refractivity contribution in [2.24, 2.45) is 0 Å². The van der Waals surface area contributed by atoms with Crippen molar-refractivity contribution >= 4 is 23.5 Å². The lowest BCUT2D eigenvalue weighted by atomic mass is 10.1. The summed E-state index contributed by atoms with van der Waals surface area (Å²) in [5.74, 6) is 6.24. The summed E-state index contributed by atoms with van der Waals surface area (Å²) in [6.07, 6.45) is 1.39. The molecule has 1 heterocycles. The lowest BCUT2D eigenvalue weighted by Crippen LogP contribution is -2.06. The summed E-state index contributed by atoms with van der Waals surface area (Å²) < 4.78 is 0. The fourth-order valence-electron chi connectivity index (χ4n) is 1.29. The van der Waals surface area contributed by atoms with E-state index in [-0.39, 0.29) is 5.56 Å². The predicted molar refractivity (Wildman–Crippen MR) is 63.1 cm³/mol. The molecule has 0 radical (unpaired) electrons. The number of fused-ring (bicyclic) bond motifs is 1. The molecule has 0 aliphatic carbocycles. The first-order valence-corrected chi connectivity index (χ1v) is 5.01. The molecular formula is C11H8N2OS. The first-order chi connectivity index (χ1) is 7.31. The van der Waals surface area contributed by atoms with Gasteiger partial charge in [0.1, 0.15) is 0 Å². The van der Waals surface area contributed by atoms with E-state index in [0.717, 1.165) is 5.56 Å². The van der Waals surface area contributed by atoms with Gasteiger partial charge < -0.3 is 4.98 Å². The quantitative estimate of drug-likeness (QED) is 0.513. The SMILES string of the molecule is O=c1[nH]cnc2ccc(C#CCS)cc12. The third-order valence-corrected chi connectivity index (χ3v) is 2.11. The molecule has 0 fully saturated rings. The van der Waals surface area contributed by atoms with Gasteiger partial charge in [-0.1, -0.05) is 11.8 Å². The number of nitrogens with zero attached hydrogens (tertiary/aromatic N) is 1. The molecule has 0 unspecified atom stereocenters. The fraction of sp³-hybridized carbons (Fsp3) is 0.0909. The highest BCUT2D eigenvalue weighted by Crippen LogP contribution is 2.08. The van der Waals surface area contributed by atoms with Crippen molar-refractivity contribution in [1.29, 1.82) is 0 Å². The van der Waals surface area contributed by atoms with Crippen molar-refractivity contribution < 1.29 is 0 Å². The molecule has 4 heteroatoms. The highest BCUT2D eigenvalue weighted by Gasteiger charge is 1.98. The van der Waals surface area contributed by atoms with Gasteiger partial charge in [-0.3, -0.25) is 4.79 Å². The number of hydrogen-bond acceptors (Lipinski definition) is 3. The Bertz CT molecular complexity index is 607. The van der Waals surface area contributed by atoms with Gasteiger partial charge in [0.15, 0.2) is 0 Å². The molecule has 0 saturated heterocycles. The van der Waals surface area contributed by atoms with E-state index < -0.39 is 0 Å². The topological polar surface area (TPSA) is 45.8 Å². The molecular weight excluding hydrogens is 208 g/mol. The maximum Gasteiger partial charge on any atom is 0.258 e. The van der Waals surface area contributed by atoms with E-state index >= 15 is 0 Å². The van der Waals surface area contributed by atoms with Crippen LogP contribution in [0.4, 0.5) is 0 Å². The summed E-state index contributed by atoms with van der Waals surface area (Å²) in [5, 5.41) is 0.559. The van der Waals surface area contributed by atoms with Gasteiger partial charge in [-0.2, -0.15) is 12.6 Å². The minimum absolute atomic E-state index is 0.144. The predicted octanol–water partition coefficient (Wildman–Crippen LogP) is 1.20. The van der Waals surface area contributed by atoms with Crippen molar-refractivity contribution in [3.8, 4) is 11.8 Å². The normalized spacial score (nSPS) is 9.67. The molecule has 0 spiro atoms. The van der Waals surface area contributed by atoms with E-state index in [4.69, 9.17) is 0 Å². The number of thiol groups is 1. The van der Waals surface area contributed by atoms with E-state index in [1.807, 2.05) is 6.07 Å². The molecule has 74 valence electrons. The van der Waals surface area contributed by atoms with E-state index in [1.165, 1.54) is 6.33 Å². The minimum Gasteiger partial charge on any atom is -0.313 e. The number of aromatic nitrogens is 2. The Hall–Kier alpha value is -1.73. The van der Waals surface area contributed by atoms with Crippen LogP contribution in [-0.2, 0) is 0 Å². The van der Waals surface area contributed by atoms with Crippen LogP contribution in [0.25, 0.3) is 10.9 Å². The lowest BCUT2D eigenvalue weighted by Gasteiger charge is -1.95. The van der Waals surface area contributed by atoms with Crippen molar-refractivity contribution in [3.05, 3.63) is 40.4 Å². The Morgan fingerprint density at radius 3 is 3.13 bits per heavy atom. The number of hydrogen-bond donors (Lipinski definition) is 2. The molecule has 0 amide bonds. The van der Waals surface area contributed by atoms with Gasteiger partial charge in [0.05, 0.1) is 23.0 Å². The van der Waals surface area contributed by atoms with E-state index in [0.29, 0.717) is 16.7 Å². The second-order valence-electron chi connectivity index (χ2n) is 2.92. The summed E-state index contributed by atoms with van der Waals surface area (Å²) in [5.41, 5.74) is 1.33. The van der Waals surface area contributed by atoms with Crippen LogP contribution in [0.2, 0.25) is 0 Å². The van der Waals surface area contributed by atoms with Crippen molar-refractivity contribution in [2.45, 2.75) is 0 Å². The molecule has 2 aromatic rings. The Morgan fingerprint density at radius 2 is 2.33 bits per heavy atom. The van der Waals surface area contributed by atoms with Crippen molar-refractivity contribution in [2.75, 3.05) is 5.75 Å².